The highest BCUT2D eigenvalue weighted by Crippen LogP contribution is 2.41. The minimum atomic E-state index is -0.785. The summed E-state index contributed by atoms with van der Waals surface area (Å²) in [6.45, 7) is 3.20. The molecule has 0 saturated carbocycles. The highest BCUT2D eigenvalue weighted by Gasteiger charge is 2.45. The number of amides is 1. The van der Waals surface area contributed by atoms with Crippen LogP contribution >= 0.6 is 23.2 Å². The van der Waals surface area contributed by atoms with E-state index < -0.39 is 17.7 Å². The second kappa shape index (κ2) is 10.3. The Morgan fingerprint density at radius 1 is 1.15 bits per heavy atom. The number of ketones is 1. The number of benzene rings is 2. The van der Waals surface area contributed by atoms with E-state index in [4.69, 9.17) is 27.9 Å². The van der Waals surface area contributed by atoms with E-state index in [-0.39, 0.29) is 11.3 Å². The first kappa shape index (κ1) is 23.9. The van der Waals surface area contributed by atoms with Crippen LogP contribution in [0.15, 0.2) is 66.8 Å². The smallest absolute Gasteiger partial charge is 0.295 e. The number of Topliss-reactive ketones (excluding diaryl/α,β-unsaturated/α-hetero) is 1. The van der Waals surface area contributed by atoms with E-state index >= 15 is 0 Å². The Balaban J connectivity index is 1.74. The van der Waals surface area contributed by atoms with Gasteiger partial charge in [-0.1, -0.05) is 35.3 Å². The van der Waals surface area contributed by atoms with E-state index in [2.05, 4.69) is 4.98 Å². The quantitative estimate of drug-likeness (QED) is 0.264. The molecule has 0 aliphatic carbocycles. The molecule has 1 amide bonds. The molecule has 34 heavy (non-hydrogen) atoms. The van der Waals surface area contributed by atoms with Crippen molar-refractivity contribution in [2.24, 2.45) is 0 Å². The van der Waals surface area contributed by atoms with Gasteiger partial charge in [0.15, 0.2) is 0 Å². The van der Waals surface area contributed by atoms with Gasteiger partial charge < -0.3 is 19.3 Å². The van der Waals surface area contributed by atoms with Gasteiger partial charge in [-0.15, -0.1) is 0 Å². The van der Waals surface area contributed by atoms with E-state index in [1.54, 1.807) is 48.9 Å². The van der Waals surface area contributed by atoms with Crippen LogP contribution in [0.5, 0.6) is 5.75 Å². The maximum Gasteiger partial charge on any atom is 0.295 e. The summed E-state index contributed by atoms with van der Waals surface area (Å²) in [5.41, 5.74) is 0.944. The van der Waals surface area contributed by atoms with Crippen LogP contribution in [0, 0.1) is 0 Å². The molecule has 0 radical (unpaired) electrons. The van der Waals surface area contributed by atoms with Gasteiger partial charge in [0.05, 0.1) is 29.6 Å². The summed E-state index contributed by atoms with van der Waals surface area (Å²) in [6, 6.07) is 10.9. The molecule has 1 aliphatic rings. The van der Waals surface area contributed by atoms with Crippen LogP contribution in [-0.4, -0.2) is 44.4 Å². The molecule has 2 aromatic carbocycles. The predicted octanol–water partition coefficient (Wildman–Crippen LogP) is 5.10. The number of rotatable bonds is 8. The molecular weight excluding hydrogens is 477 g/mol. The number of hydrogen-bond donors (Lipinski definition) is 1. The molecule has 1 saturated heterocycles. The number of aryl methyl sites for hydroxylation is 1. The number of aliphatic hydroxyl groups is 1. The van der Waals surface area contributed by atoms with Crippen molar-refractivity contribution < 1.29 is 19.4 Å². The molecule has 2 heterocycles. The van der Waals surface area contributed by atoms with Crippen LogP contribution in [0.3, 0.4) is 0 Å². The maximum absolute atomic E-state index is 13.1. The van der Waals surface area contributed by atoms with Gasteiger partial charge in [0.2, 0.25) is 0 Å². The number of halogens is 2. The fraction of sp³-hybridized carbons (Fsp3) is 0.240. The third-order valence-electron chi connectivity index (χ3n) is 5.58. The molecule has 0 bridgehead atoms. The number of nitrogens with zero attached hydrogens (tertiary/aromatic N) is 3. The zero-order valence-electron chi connectivity index (χ0n) is 18.4. The lowest BCUT2D eigenvalue weighted by atomic mass is 9.95. The molecule has 4 rings (SSSR count). The molecule has 1 aliphatic heterocycles. The zero-order valence-corrected chi connectivity index (χ0v) is 20.0. The first-order valence-electron chi connectivity index (χ1n) is 10.8. The van der Waals surface area contributed by atoms with Crippen molar-refractivity contribution in [3.8, 4) is 5.75 Å². The van der Waals surface area contributed by atoms with Crippen LogP contribution < -0.4 is 4.74 Å². The van der Waals surface area contributed by atoms with E-state index in [9.17, 15) is 14.7 Å². The molecular formula is C25H23Cl2N3O4. The molecule has 1 N–H and O–H groups in total. The fourth-order valence-corrected chi connectivity index (χ4v) is 4.49. The average molecular weight is 500 g/mol. The minimum Gasteiger partial charge on any atom is -0.507 e. The van der Waals surface area contributed by atoms with Gasteiger partial charge in [0, 0.05) is 36.1 Å². The number of aromatic nitrogens is 2. The van der Waals surface area contributed by atoms with Crippen molar-refractivity contribution in [1.29, 1.82) is 0 Å². The molecule has 9 heteroatoms. The summed E-state index contributed by atoms with van der Waals surface area (Å²) in [5.74, 6) is -1.26. The Kier molecular flexibility index (Phi) is 7.24. The topological polar surface area (TPSA) is 84.7 Å². The predicted molar refractivity (Wildman–Crippen MR) is 130 cm³/mol. The van der Waals surface area contributed by atoms with Gasteiger partial charge in [0.25, 0.3) is 11.7 Å². The van der Waals surface area contributed by atoms with Gasteiger partial charge in [-0.05, 0) is 49.2 Å². The fourth-order valence-electron chi connectivity index (χ4n) is 4.05. The van der Waals surface area contributed by atoms with Crippen molar-refractivity contribution in [3.05, 3.63) is 87.9 Å². The van der Waals surface area contributed by atoms with Crippen molar-refractivity contribution >= 4 is 40.7 Å². The largest absolute Gasteiger partial charge is 0.507 e. The van der Waals surface area contributed by atoms with Crippen LogP contribution in [0.25, 0.3) is 5.76 Å². The van der Waals surface area contributed by atoms with Gasteiger partial charge in [-0.3, -0.25) is 9.59 Å². The molecule has 7 nitrogen and oxygen atoms in total. The lowest BCUT2D eigenvalue weighted by Crippen LogP contribution is -2.31. The van der Waals surface area contributed by atoms with Crippen LogP contribution in [0.4, 0.5) is 0 Å². The van der Waals surface area contributed by atoms with Crippen molar-refractivity contribution in [3.63, 3.8) is 0 Å². The van der Waals surface area contributed by atoms with Gasteiger partial charge in [-0.25, -0.2) is 4.98 Å². The monoisotopic (exact) mass is 499 g/mol. The van der Waals surface area contributed by atoms with Crippen LogP contribution in [0.1, 0.15) is 30.5 Å². The first-order valence-corrected chi connectivity index (χ1v) is 11.6. The summed E-state index contributed by atoms with van der Waals surface area (Å²) >= 11 is 12.5. The molecule has 1 fully saturated rings. The van der Waals surface area contributed by atoms with Gasteiger partial charge in [0.1, 0.15) is 11.5 Å². The number of hydrogen-bond acceptors (Lipinski definition) is 5. The van der Waals surface area contributed by atoms with Gasteiger partial charge in [-0.2, -0.15) is 0 Å². The lowest BCUT2D eigenvalue weighted by molar-refractivity contribution is -0.139. The molecule has 176 valence electrons. The normalized spacial score (nSPS) is 17.4. The van der Waals surface area contributed by atoms with Crippen molar-refractivity contribution in [2.45, 2.75) is 25.9 Å². The summed E-state index contributed by atoms with van der Waals surface area (Å²) in [7, 11) is 0. The number of ether oxygens (including phenoxy) is 1. The Hall–Kier alpha value is -3.29. The molecule has 1 aromatic heterocycles. The van der Waals surface area contributed by atoms with E-state index in [0.717, 1.165) is 0 Å². The number of carbonyl (C=O) groups is 2. The second-order valence-electron chi connectivity index (χ2n) is 7.78. The molecule has 0 spiro atoms. The summed E-state index contributed by atoms with van der Waals surface area (Å²) < 4.78 is 7.35. The lowest BCUT2D eigenvalue weighted by Gasteiger charge is -2.25. The Labute approximate surface area is 207 Å². The Morgan fingerprint density at radius 3 is 2.65 bits per heavy atom. The highest BCUT2D eigenvalue weighted by molar-refractivity contribution is 6.46. The number of aliphatic hydroxyl groups excluding tert-OH is 1. The van der Waals surface area contributed by atoms with E-state index in [0.29, 0.717) is 53.0 Å². The van der Waals surface area contributed by atoms with E-state index in [1.165, 1.54) is 11.0 Å². The average Bonchev–Trinajstić information content (AvgIpc) is 3.42. The van der Waals surface area contributed by atoms with Crippen molar-refractivity contribution in [1.82, 2.24) is 14.5 Å². The minimum absolute atomic E-state index is 0.00451. The number of likely N-dealkylation sites (tertiary alicyclic amines) is 1. The standard InChI is InChI=1S/C25H23Cl2N3O4/c1-2-34-20-8-7-17(14-19(20)27)23(31)21-22(16-5-3-6-18(26)13-16)30(25(33)24(21)32)11-4-10-29-12-9-28-15-29/h3,5-9,12-15,22,31H,2,4,10-11H2,1H3/b23-21+/t22-/m0/s1. The third-order valence-corrected chi connectivity index (χ3v) is 6.11. The summed E-state index contributed by atoms with van der Waals surface area (Å²) in [5, 5.41) is 11.9. The maximum atomic E-state index is 13.1. The SMILES string of the molecule is CCOc1ccc(/C(O)=C2\C(=O)C(=O)N(CCCn3ccnc3)[C@H]2c2cccc(Cl)c2)cc1Cl. The molecule has 3 aromatic rings. The van der Waals surface area contributed by atoms with Crippen LogP contribution in [0.2, 0.25) is 10.0 Å². The summed E-state index contributed by atoms with van der Waals surface area (Å²) in [6.07, 6.45) is 5.80. The Bertz CT molecular complexity index is 1240. The van der Waals surface area contributed by atoms with Gasteiger partial charge >= 0.3 is 0 Å². The third kappa shape index (κ3) is 4.81. The number of carbonyl (C=O) groups excluding carboxylic acids is 2. The zero-order chi connectivity index (χ0) is 24.2. The van der Waals surface area contributed by atoms with Crippen molar-refractivity contribution in [2.75, 3.05) is 13.2 Å². The second-order valence-corrected chi connectivity index (χ2v) is 8.62. The van der Waals surface area contributed by atoms with E-state index in [1.807, 2.05) is 17.7 Å². The molecule has 0 unspecified atom stereocenters. The molecule has 1 atom stereocenters. The first-order chi connectivity index (χ1) is 16.4. The highest BCUT2D eigenvalue weighted by atomic mass is 35.5. The van der Waals surface area contributed by atoms with Crippen LogP contribution in [-0.2, 0) is 16.1 Å². The summed E-state index contributed by atoms with van der Waals surface area (Å²) in [4.78, 5) is 31.7. The number of imidazole rings is 1. The Morgan fingerprint density at radius 2 is 1.97 bits per heavy atom.